The molecular weight excluding hydrogens is 305 g/mol. The van der Waals surface area contributed by atoms with Crippen molar-refractivity contribution in [3.63, 3.8) is 0 Å². The molecule has 0 radical (unpaired) electrons. The summed E-state index contributed by atoms with van der Waals surface area (Å²) in [6.45, 7) is 0.840. The van der Waals surface area contributed by atoms with Gasteiger partial charge in [-0.25, -0.2) is 0 Å². The summed E-state index contributed by atoms with van der Waals surface area (Å²) in [5.41, 5.74) is 6.38. The Bertz CT molecular complexity index is 398. The lowest BCUT2D eigenvalue weighted by Crippen LogP contribution is -2.11. The van der Waals surface area contributed by atoms with Crippen molar-refractivity contribution in [1.29, 1.82) is 0 Å². The van der Waals surface area contributed by atoms with Gasteiger partial charge < -0.3 is 16.3 Å². The van der Waals surface area contributed by atoms with Crippen LogP contribution in [0, 0.1) is 0 Å². The Morgan fingerprint density at radius 3 is 2.88 bits per heavy atom. The summed E-state index contributed by atoms with van der Waals surface area (Å²) >= 11 is 9.25. The molecule has 0 saturated carbocycles. The van der Waals surface area contributed by atoms with Gasteiger partial charge in [0.05, 0.1) is 5.02 Å². The van der Waals surface area contributed by atoms with E-state index >= 15 is 0 Å². The van der Waals surface area contributed by atoms with Crippen molar-refractivity contribution in [1.82, 2.24) is 0 Å². The first kappa shape index (κ1) is 14.1. The van der Waals surface area contributed by atoms with E-state index in [9.17, 15) is 0 Å². The van der Waals surface area contributed by atoms with Gasteiger partial charge in [0.15, 0.2) is 0 Å². The molecular formula is C11H15BrClN3O. The lowest BCUT2D eigenvalue weighted by molar-refractivity contribution is 0.316. The molecule has 6 heteroatoms. The Morgan fingerprint density at radius 2 is 2.24 bits per heavy atom. The third-order valence-corrected chi connectivity index (χ3v) is 3.45. The monoisotopic (exact) mass is 319 g/mol. The van der Waals surface area contributed by atoms with E-state index < -0.39 is 0 Å². The molecule has 1 aromatic rings. The summed E-state index contributed by atoms with van der Waals surface area (Å²) in [7, 11) is 0. The predicted octanol–water partition coefficient (Wildman–Crippen LogP) is 3.43. The minimum absolute atomic E-state index is 0.277. The van der Waals surface area contributed by atoms with Gasteiger partial charge in [0.2, 0.25) is 0 Å². The van der Waals surface area contributed by atoms with Crippen LogP contribution in [0.4, 0.5) is 5.69 Å². The number of nitrogens with one attached hydrogen (secondary N) is 1. The largest absolute Gasteiger partial charge is 0.409 e. The fraction of sp³-hybridized carbons (Fsp3) is 0.364. The second-order valence-electron chi connectivity index (χ2n) is 3.60. The standard InChI is InChI=1S/C11H15BrClN3O/c12-9-7-8(4-5-10(9)13)15-6-2-1-3-11(14)16-17/h4-5,7,15,17H,1-3,6H2,(H2,14,16). The number of nitrogens with two attached hydrogens (primary N) is 1. The van der Waals surface area contributed by atoms with Gasteiger partial charge in [-0.1, -0.05) is 16.8 Å². The van der Waals surface area contributed by atoms with Gasteiger partial charge in [0, 0.05) is 23.1 Å². The number of hydrogen-bond donors (Lipinski definition) is 3. The van der Waals surface area contributed by atoms with Gasteiger partial charge in [-0.05, 0) is 47.0 Å². The maximum Gasteiger partial charge on any atom is 0.139 e. The van der Waals surface area contributed by atoms with Crippen LogP contribution in [0.3, 0.4) is 0 Å². The highest BCUT2D eigenvalue weighted by atomic mass is 79.9. The molecule has 0 aliphatic carbocycles. The summed E-state index contributed by atoms with van der Waals surface area (Å²) in [6.07, 6.45) is 2.45. The molecule has 0 unspecified atom stereocenters. The fourth-order valence-corrected chi connectivity index (χ4v) is 1.82. The molecule has 17 heavy (non-hydrogen) atoms. The van der Waals surface area contributed by atoms with Crippen LogP contribution >= 0.6 is 27.5 Å². The van der Waals surface area contributed by atoms with E-state index in [-0.39, 0.29) is 5.84 Å². The molecule has 0 aliphatic heterocycles. The van der Waals surface area contributed by atoms with Crippen LogP contribution in [0.2, 0.25) is 5.02 Å². The highest BCUT2D eigenvalue weighted by Crippen LogP contribution is 2.25. The van der Waals surface area contributed by atoms with E-state index in [2.05, 4.69) is 26.4 Å². The molecule has 0 aromatic heterocycles. The second kappa shape index (κ2) is 7.40. The zero-order valence-corrected chi connectivity index (χ0v) is 11.6. The smallest absolute Gasteiger partial charge is 0.139 e. The van der Waals surface area contributed by atoms with E-state index in [1.807, 2.05) is 18.2 Å². The molecule has 0 aliphatic rings. The Morgan fingerprint density at radius 1 is 1.47 bits per heavy atom. The molecule has 0 fully saturated rings. The van der Waals surface area contributed by atoms with Crippen molar-refractivity contribution in [2.24, 2.45) is 10.9 Å². The summed E-state index contributed by atoms with van der Waals surface area (Å²) in [5, 5.41) is 15.2. The zero-order chi connectivity index (χ0) is 12.7. The van der Waals surface area contributed by atoms with Crippen LogP contribution in [0.25, 0.3) is 0 Å². The molecule has 0 bridgehead atoms. The van der Waals surface area contributed by atoms with Gasteiger partial charge in [0.25, 0.3) is 0 Å². The predicted molar refractivity (Wildman–Crippen MR) is 74.9 cm³/mol. The Balaban J connectivity index is 2.24. The molecule has 0 spiro atoms. The third-order valence-electron chi connectivity index (χ3n) is 2.24. The topological polar surface area (TPSA) is 70.6 Å². The summed E-state index contributed by atoms with van der Waals surface area (Å²) in [5.74, 6) is 0.277. The number of amidine groups is 1. The van der Waals surface area contributed by atoms with Crippen molar-refractivity contribution >= 4 is 39.1 Å². The van der Waals surface area contributed by atoms with Crippen LogP contribution < -0.4 is 11.1 Å². The van der Waals surface area contributed by atoms with Crippen LogP contribution in [-0.2, 0) is 0 Å². The Kier molecular flexibility index (Phi) is 6.15. The summed E-state index contributed by atoms with van der Waals surface area (Å²) in [4.78, 5) is 0. The minimum Gasteiger partial charge on any atom is -0.409 e. The fourth-order valence-electron chi connectivity index (χ4n) is 1.32. The molecule has 1 rings (SSSR count). The molecule has 0 saturated heterocycles. The van der Waals surface area contributed by atoms with Gasteiger partial charge in [-0.3, -0.25) is 0 Å². The van der Waals surface area contributed by atoms with Gasteiger partial charge in [-0.15, -0.1) is 0 Å². The van der Waals surface area contributed by atoms with Crippen molar-refractivity contribution < 1.29 is 5.21 Å². The molecule has 0 heterocycles. The number of nitrogens with zero attached hydrogens (tertiary/aromatic N) is 1. The highest BCUT2D eigenvalue weighted by Gasteiger charge is 1.98. The minimum atomic E-state index is 0.277. The molecule has 4 nitrogen and oxygen atoms in total. The van der Waals surface area contributed by atoms with Gasteiger partial charge >= 0.3 is 0 Å². The number of rotatable bonds is 6. The SMILES string of the molecule is N/C(CCCCNc1ccc(Cl)c(Br)c1)=N\O. The maximum atomic E-state index is 8.36. The normalized spacial score (nSPS) is 11.5. The van der Waals surface area contributed by atoms with E-state index in [4.69, 9.17) is 22.5 Å². The van der Waals surface area contributed by atoms with Crippen LogP contribution in [0.1, 0.15) is 19.3 Å². The zero-order valence-electron chi connectivity index (χ0n) is 9.29. The van der Waals surface area contributed by atoms with Crippen LogP contribution in [0.5, 0.6) is 0 Å². The number of halogens is 2. The molecule has 1 aromatic carbocycles. The number of benzene rings is 1. The van der Waals surface area contributed by atoms with E-state index in [0.29, 0.717) is 11.4 Å². The number of hydrogen-bond acceptors (Lipinski definition) is 3. The molecule has 94 valence electrons. The first-order chi connectivity index (χ1) is 8.13. The lowest BCUT2D eigenvalue weighted by Gasteiger charge is -2.07. The lowest BCUT2D eigenvalue weighted by atomic mass is 10.2. The van der Waals surface area contributed by atoms with Crippen molar-refractivity contribution in [3.8, 4) is 0 Å². The van der Waals surface area contributed by atoms with E-state index in [0.717, 1.165) is 29.5 Å². The Labute approximate surface area is 114 Å². The van der Waals surface area contributed by atoms with E-state index in [1.54, 1.807) is 0 Å². The number of oxime groups is 1. The molecule has 0 amide bonds. The van der Waals surface area contributed by atoms with Crippen molar-refractivity contribution in [3.05, 3.63) is 27.7 Å². The number of anilines is 1. The van der Waals surface area contributed by atoms with Crippen LogP contribution in [-0.4, -0.2) is 17.6 Å². The first-order valence-electron chi connectivity index (χ1n) is 5.29. The average molecular weight is 321 g/mol. The molecule has 4 N–H and O–H groups in total. The second-order valence-corrected chi connectivity index (χ2v) is 4.87. The van der Waals surface area contributed by atoms with Crippen molar-refractivity contribution in [2.45, 2.75) is 19.3 Å². The first-order valence-corrected chi connectivity index (χ1v) is 6.46. The molecule has 0 atom stereocenters. The third kappa shape index (κ3) is 5.28. The maximum absolute atomic E-state index is 8.36. The highest BCUT2D eigenvalue weighted by molar-refractivity contribution is 9.10. The van der Waals surface area contributed by atoms with Crippen molar-refractivity contribution in [2.75, 3.05) is 11.9 Å². The number of unbranched alkanes of at least 4 members (excludes halogenated alkanes) is 1. The van der Waals surface area contributed by atoms with Crippen LogP contribution in [0.15, 0.2) is 27.8 Å². The quantitative estimate of drug-likeness (QED) is 0.247. The average Bonchev–Trinajstić information content (AvgIpc) is 2.33. The summed E-state index contributed by atoms with van der Waals surface area (Å²) < 4.78 is 0.876. The summed E-state index contributed by atoms with van der Waals surface area (Å²) in [6, 6.07) is 5.70. The van der Waals surface area contributed by atoms with Gasteiger partial charge in [-0.2, -0.15) is 0 Å². The van der Waals surface area contributed by atoms with Gasteiger partial charge in [0.1, 0.15) is 5.84 Å². The van der Waals surface area contributed by atoms with E-state index in [1.165, 1.54) is 0 Å². The Hall–Kier alpha value is -0.940.